The first-order valence-corrected chi connectivity index (χ1v) is 7.17. The zero-order valence-electron chi connectivity index (χ0n) is 10.7. The topological polar surface area (TPSA) is 40.5 Å². The second-order valence-corrected chi connectivity index (χ2v) is 5.85. The van der Waals surface area contributed by atoms with E-state index in [9.17, 15) is 9.90 Å². The lowest BCUT2D eigenvalue weighted by Crippen LogP contribution is -2.35. The molecule has 19 heavy (non-hydrogen) atoms. The molecule has 0 fully saturated rings. The van der Waals surface area contributed by atoms with Crippen LogP contribution in [0.1, 0.15) is 26.4 Å². The molecule has 1 N–H and O–H groups in total. The summed E-state index contributed by atoms with van der Waals surface area (Å²) < 4.78 is 0. The molecule has 1 aliphatic rings. The fourth-order valence-corrected chi connectivity index (χ4v) is 3.28. The summed E-state index contributed by atoms with van der Waals surface area (Å²) in [6.45, 7) is 3.27. The fraction of sp³-hybridized carbons (Fsp3) is 0.267. The van der Waals surface area contributed by atoms with Crippen molar-refractivity contribution in [1.82, 2.24) is 4.90 Å². The highest BCUT2D eigenvalue weighted by atomic mass is 32.1. The van der Waals surface area contributed by atoms with Gasteiger partial charge in [-0.3, -0.25) is 4.79 Å². The van der Waals surface area contributed by atoms with Gasteiger partial charge in [-0.05, 0) is 54.1 Å². The second kappa shape index (κ2) is 4.70. The van der Waals surface area contributed by atoms with E-state index in [1.807, 2.05) is 4.90 Å². The Bertz CT molecular complexity index is 633. The normalized spacial score (nSPS) is 14.3. The molecule has 0 spiro atoms. The van der Waals surface area contributed by atoms with Crippen LogP contribution in [-0.4, -0.2) is 22.5 Å². The van der Waals surface area contributed by atoms with Gasteiger partial charge in [0.2, 0.25) is 0 Å². The highest BCUT2D eigenvalue weighted by Gasteiger charge is 2.22. The molecule has 1 aliphatic heterocycles. The van der Waals surface area contributed by atoms with Crippen LogP contribution in [0.15, 0.2) is 29.6 Å². The second-order valence-electron chi connectivity index (χ2n) is 4.85. The number of carbonyl (C=O) groups excluding carboxylic acids is 1. The number of benzene rings is 1. The number of amides is 1. The van der Waals surface area contributed by atoms with E-state index in [4.69, 9.17) is 0 Å². The monoisotopic (exact) mass is 273 g/mol. The van der Waals surface area contributed by atoms with Crippen LogP contribution in [0.4, 0.5) is 0 Å². The molecule has 0 aliphatic carbocycles. The van der Waals surface area contributed by atoms with Crippen LogP contribution < -0.4 is 0 Å². The van der Waals surface area contributed by atoms with Gasteiger partial charge in [0.05, 0.1) is 0 Å². The molecule has 1 aromatic carbocycles. The quantitative estimate of drug-likeness (QED) is 0.867. The minimum Gasteiger partial charge on any atom is -0.508 e. The Labute approximate surface area is 116 Å². The Balaban J connectivity index is 1.83. The van der Waals surface area contributed by atoms with E-state index in [-0.39, 0.29) is 11.7 Å². The predicted molar refractivity (Wildman–Crippen MR) is 75.6 cm³/mol. The van der Waals surface area contributed by atoms with E-state index in [1.54, 1.807) is 36.5 Å². The minimum atomic E-state index is 0.0416. The maximum atomic E-state index is 12.4. The standard InChI is InChI=1S/C15H15NO2S/c1-10-8-11(2-3-13(10)17)15(18)16-6-4-14-12(9-16)5-7-19-14/h2-3,5,7-8,17H,4,6,9H2,1H3. The summed E-state index contributed by atoms with van der Waals surface area (Å²) in [6, 6.07) is 7.12. The first-order chi connectivity index (χ1) is 9.15. The minimum absolute atomic E-state index is 0.0416. The molecule has 2 heterocycles. The van der Waals surface area contributed by atoms with Gasteiger partial charge in [-0.1, -0.05) is 0 Å². The van der Waals surface area contributed by atoms with Crippen LogP contribution in [0, 0.1) is 6.92 Å². The van der Waals surface area contributed by atoms with Crippen molar-refractivity contribution in [3.8, 4) is 5.75 Å². The first-order valence-electron chi connectivity index (χ1n) is 6.29. The smallest absolute Gasteiger partial charge is 0.254 e. The summed E-state index contributed by atoms with van der Waals surface area (Å²) in [5, 5.41) is 11.6. The van der Waals surface area contributed by atoms with Crippen molar-refractivity contribution < 1.29 is 9.90 Å². The van der Waals surface area contributed by atoms with Gasteiger partial charge in [0.25, 0.3) is 5.91 Å². The number of nitrogens with zero attached hydrogens (tertiary/aromatic N) is 1. The van der Waals surface area contributed by atoms with E-state index in [0.717, 1.165) is 18.5 Å². The average Bonchev–Trinajstić information content (AvgIpc) is 2.88. The lowest BCUT2D eigenvalue weighted by atomic mass is 10.1. The molecule has 1 aromatic heterocycles. The zero-order valence-corrected chi connectivity index (χ0v) is 11.5. The van der Waals surface area contributed by atoms with Gasteiger partial charge >= 0.3 is 0 Å². The summed E-state index contributed by atoms with van der Waals surface area (Å²) in [6.07, 6.45) is 0.940. The number of carbonyl (C=O) groups is 1. The molecule has 0 unspecified atom stereocenters. The Morgan fingerprint density at radius 1 is 1.37 bits per heavy atom. The molecule has 0 saturated carbocycles. The molecular formula is C15H15NO2S. The molecule has 4 heteroatoms. The van der Waals surface area contributed by atoms with Crippen LogP contribution in [0.25, 0.3) is 0 Å². The van der Waals surface area contributed by atoms with E-state index in [1.165, 1.54) is 10.4 Å². The maximum absolute atomic E-state index is 12.4. The van der Waals surface area contributed by atoms with Crippen molar-refractivity contribution in [3.63, 3.8) is 0 Å². The third-order valence-corrected chi connectivity index (χ3v) is 4.56. The Morgan fingerprint density at radius 2 is 2.21 bits per heavy atom. The van der Waals surface area contributed by atoms with E-state index in [2.05, 4.69) is 11.4 Å². The summed E-state index contributed by atoms with van der Waals surface area (Å²) in [4.78, 5) is 15.7. The van der Waals surface area contributed by atoms with Gasteiger partial charge in [-0.2, -0.15) is 0 Å². The molecule has 0 atom stereocenters. The van der Waals surface area contributed by atoms with Gasteiger partial charge < -0.3 is 10.0 Å². The molecular weight excluding hydrogens is 258 g/mol. The molecule has 98 valence electrons. The van der Waals surface area contributed by atoms with Crippen LogP contribution in [0.3, 0.4) is 0 Å². The molecule has 3 rings (SSSR count). The summed E-state index contributed by atoms with van der Waals surface area (Å²) in [5.41, 5.74) is 2.65. The van der Waals surface area contributed by atoms with Gasteiger partial charge in [-0.25, -0.2) is 0 Å². The molecule has 3 nitrogen and oxygen atoms in total. The van der Waals surface area contributed by atoms with Crippen molar-refractivity contribution in [2.75, 3.05) is 6.54 Å². The molecule has 2 aromatic rings. The van der Waals surface area contributed by atoms with Crippen molar-refractivity contribution in [1.29, 1.82) is 0 Å². The number of fused-ring (bicyclic) bond motifs is 1. The number of rotatable bonds is 1. The molecule has 0 radical (unpaired) electrons. The maximum Gasteiger partial charge on any atom is 0.254 e. The molecule has 0 saturated heterocycles. The lowest BCUT2D eigenvalue weighted by molar-refractivity contribution is 0.0736. The number of phenolic OH excluding ortho intramolecular Hbond substituents is 1. The summed E-state index contributed by atoms with van der Waals surface area (Å²) >= 11 is 1.77. The highest BCUT2D eigenvalue weighted by molar-refractivity contribution is 7.10. The Kier molecular flexibility index (Phi) is 3.03. The van der Waals surface area contributed by atoms with Gasteiger partial charge in [0.15, 0.2) is 0 Å². The third kappa shape index (κ3) is 2.24. The average molecular weight is 273 g/mol. The molecule has 1 amide bonds. The summed E-state index contributed by atoms with van der Waals surface area (Å²) in [5.74, 6) is 0.273. The van der Waals surface area contributed by atoms with Gasteiger partial charge in [-0.15, -0.1) is 11.3 Å². The van der Waals surface area contributed by atoms with Gasteiger partial charge in [0.1, 0.15) is 5.75 Å². The van der Waals surface area contributed by atoms with Crippen molar-refractivity contribution in [2.24, 2.45) is 0 Å². The largest absolute Gasteiger partial charge is 0.508 e. The van der Waals surface area contributed by atoms with Crippen LogP contribution in [0.5, 0.6) is 5.75 Å². The number of aryl methyl sites for hydroxylation is 1. The van der Waals surface area contributed by atoms with E-state index < -0.39 is 0 Å². The SMILES string of the molecule is Cc1cc(C(=O)N2CCc3sccc3C2)ccc1O. The highest BCUT2D eigenvalue weighted by Crippen LogP contribution is 2.26. The number of hydrogen-bond acceptors (Lipinski definition) is 3. The molecule has 0 bridgehead atoms. The van der Waals surface area contributed by atoms with Gasteiger partial charge in [0, 0.05) is 23.5 Å². The first kappa shape index (κ1) is 12.2. The van der Waals surface area contributed by atoms with Crippen LogP contribution >= 0.6 is 11.3 Å². The number of phenols is 1. The van der Waals surface area contributed by atoms with Crippen molar-refractivity contribution in [3.05, 3.63) is 51.2 Å². The number of aromatic hydroxyl groups is 1. The lowest BCUT2D eigenvalue weighted by Gasteiger charge is -2.27. The van der Waals surface area contributed by atoms with E-state index in [0.29, 0.717) is 12.1 Å². The van der Waals surface area contributed by atoms with Crippen LogP contribution in [0.2, 0.25) is 0 Å². The third-order valence-electron chi connectivity index (χ3n) is 3.54. The van der Waals surface area contributed by atoms with Crippen molar-refractivity contribution >= 4 is 17.2 Å². The van der Waals surface area contributed by atoms with E-state index >= 15 is 0 Å². The fourth-order valence-electron chi connectivity index (χ4n) is 2.39. The predicted octanol–water partition coefficient (Wildman–Crippen LogP) is 2.96. The zero-order chi connectivity index (χ0) is 13.4. The van der Waals surface area contributed by atoms with Crippen LogP contribution in [-0.2, 0) is 13.0 Å². The Hall–Kier alpha value is -1.81. The summed E-state index contributed by atoms with van der Waals surface area (Å²) in [7, 11) is 0. The van der Waals surface area contributed by atoms with Crippen molar-refractivity contribution in [2.45, 2.75) is 19.9 Å². The number of thiophene rings is 1. The number of hydrogen-bond donors (Lipinski definition) is 1. The Morgan fingerprint density at radius 3 is 3.00 bits per heavy atom.